The normalized spacial score (nSPS) is 24.4. The van der Waals surface area contributed by atoms with Crippen LogP contribution < -0.4 is 10.6 Å². The molecule has 1 rings (SSSR count). The largest absolute Gasteiger partial charge is 0.480 e. The Kier molecular flexibility index (Phi) is 5.16. The minimum Gasteiger partial charge on any atom is -0.480 e. The van der Waals surface area contributed by atoms with Crippen LogP contribution in [0.25, 0.3) is 0 Å². The van der Waals surface area contributed by atoms with Crippen molar-refractivity contribution in [2.45, 2.75) is 38.8 Å². The molecule has 1 fully saturated rings. The van der Waals surface area contributed by atoms with Crippen LogP contribution in [0.5, 0.6) is 0 Å². The van der Waals surface area contributed by atoms with E-state index in [2.05, 4.69) is 10.6 Å². The fourth-order valence-electron chi connectivity index (χ4n) is 1.96. The highest BCUT2D eigenvalue weighted by molar-refractivity contribution is 7.91. The Morgan fingerprint density at radius 1 is 1.42 bits per heavy atom. The first-order chi connectivity index (χ1) is 8.75. The topological polar surface area (TPSA) is 113 Å². The SMILES string of the molecule is CC[C@H](C)[C@H](NC(=O)NC1CCS(=O)(=O)C1)C(=O)O. The van der Waals surface area contributed by atoms with Gasteiger partial charge in [0.25, 0.3) is 0 Å². The lowest BCUT2D eigenvalue weighted by molar-refractivity contribution is -0.140. The second kappa shape index (κ2) is 6.23. The molecule has 1 unspecified atom stereocenters. The minimum absolute atomic E-state index is 0.0612. The van der Waals surface area contributed by atoms with Crippen molar-refractivity contribution in [1.29, 1.82) is 0 Å². The zero-order valence-corrected chi connectivity index (χ0v) is 11.9. The number of urea groups is 1. The number of carboxylic acids is 1. The summed E-state index contributed by atoms with van der Waals surface area (Å²) < 4.78 is 22.5. The Morgan fingerprint density at radius 3 is 2.47 bits per heavy atom. The Labute approximate surface area is 112 Å². The van der Waals surface area contributed by atoms with Crippen LogP contribution in [0.3, 0.4) is 0 Å². The summed E-state index contributed by atoms with van der Waals surface area (Å²) in [5.41, 5.74) is 0. The van der Waals surface area contributed by atoms with Crippen molar-refractivity contribution < 1.29 is 23.1 Å². The number of carbonyl (C=O) groups is 2. The van der Waals surface area contributed by atoms with Crippen molar-refractivity contribution in [1.82, 2.24) is 10.6 Å². The fourth-order valence-corrected chi connectivity index (χ4v) is 3.63. The van der Waals surface area contributed by atoms with E-state index in [4.69, 9.17) is 5.11 Å². The second-order valence-corrected chi connectivity index (χ2v) is 7.15. The second-order valence-electron chi connectivity index (χ2n) is 4.92. The highest BCUT2D eigenvalue weighted by Crippen LogP contribution is 2.12. The molecule has 110 valence electrons. The Morgan fingerprint density at radius 2 is 2.05 bits per heavy atom. The zero-order chi connectivity index (χ0) is 14.6. The number of rotatable bonds is 5. The highest BCUT2D eigenvalue weighted by atomic mass is 32.2. The number of carboxylic acid groups (broad SMARTS) is 1. The molecule has 3 N–H and O–H groups in total. The van der Waals surface area contributed by atoms with Crippen molar-refractivity contribution in [3.8, 4) is 0 Å². The molecular formula is C11H20N2O5S. The average molecular weight is 292 g/mol. The van der Waals surface area contributed by atoms with Gasteiger partial charge in [0.1, 0.15) is 6.04 Å². The molecule has 8 heteroatoms. The van der Waals surface area contributed by atoms with E-state index in [0.717, 1.165) is 0 Å². The number of carbonyl (C=O) groups excluding carboxylic acids is 1. The average Bonchev–Trinajstić information content (AvgIpc) is 2.64. The molecule has 0 aliphatic carbocycles. The molecule has 1 aliphatic rings. The molecule has 19 heavy (non-hydrogen) atoms. The highest BCUT2D eigenvalue weighted by Gasteiger charge is 2.31. The number of nitrogens with one attached hydrogen (secondary N) is 2. The summed E-state index contributed by atoms with van der Waals surface area (Å²) >= 11 is 0. The molecule has 0 aromatic rings. The third kappa shape index (κ3) is 4.70. The molecule has 0 radical (unpaired) electrons. The number of aliphatic carboxylic acids is 1. The van der Waals surface area contributed by atoms with Crippen molar-refractivity contribution >= 4 is 21.8 Å². The van der Waals surface area contributed by atoms with Crippen molar-refractivity contribution in [3.63, 3.8) is 0 Å². The smallest absolute Gasteiger partial charge is 0.326 e. The van der Waals surface area contributed by atoms with Crippen LogP contribution in [0.15, 0.2) is 0 Å². The van der Waals surface area contributed by atoms with E-state index in [9.17, 15) is 18.0 Å². The van der Waals surface area contributed by atoms with Gasteiger partial charge in [-0.3, -0.25) is 0 Å². The summed E-state index contributed by atoms with van der Waals surface area (Å²) in [6.07, 6.45) is 0.992. The Balaban J connectivity index is 2.52. The van der Waals surface area contributed by atoms with E-state index >= 15 is 0 Å². The van der Waals surface area contributed by atoms with Crippen LogP contribution in [0, 0.1) is 5.92 Å². The van der Waals surface area contributed by atoms with E-state index in [1.165, 1.54) is 0 Å². The van der Waals surface area contributed by atoms with Gasteiger partial charge in [0.05, 0.1) is 11.5 Å². The summed E-state index contributed by atoms with van der Waals surface area (Å²) in [4.78, 5) is 22.7. The van der Waals surface area contributed by atoms with E-state index < -0.39 is 33.9 Å². The van der Waals surface area contributed by atoms with Crippen LogP contribution >= 0.6 is 0 Å². The number of hydrogen-bond donors (Lipinski definition) is 3. The summed E-state index contributed by atoms with van der Waals surface area (Å²) in [5, 5.41) is 13.9. The van der Waals surface area contributed by atoms with Gasteiger partial charge in [-0.2, -0.15) is 0 Å². The molecule has 1 heterocycles. The summed E-state index contributed by atoms with van der Waals surface area (Å²) in [6.45, 7) is 3.57. The van der Waals surface area contributed by atoms with Crippen molar-refractivity contribution in [2.24, 2.45) is 5.92 Å². The van der Waals surface area contributed by atoms with Gasteiger partial charge in [0.15, 0.2) is 9.84 Å². The standard InChI is InChI=1S/C11H20N2O5S/c1-3-7(2)9(10(14)15)13-11(16)12-8-4-5-19(17,18)6-8/h7-9H,3-6H2,1-2H3,(H,14,15)(H2,12,13,16)/t7-,8?,9-/m0/s1. The lowest BCUT2D eigenvalue weighted by atomic mass is 9.99. The first-order valence-electron chi connectivity index (χ1n) is 6.25. The number of hydrogen-bond acceptors (Lipinski definition) is 4. The van der Waals surface area contributed by atoms with E-state index in [0.29, 0.717) is 12.8 Å². The molecule has 3 atom stereocenters. The molecule has 7 nitrogen and oxygen atoms in total. The van der Waals surface area contributed by atoms with E-state index in [-0.39, 0.29) is 17.4 Å². The predicted octanol–water partition coefficient (Wildman–Crippen LogP) is -0.0280. The third-order valence-corrected chi connectivity index (χ3v) is 5.10. The molecule has 0 aromatic carbocycles. The van der Waals surface area contributed by atoms with E-state index in [1.54, 1.807) is 6.92 Å². The van der Waals surface area contributed by atoms with Crippen LogP contribution in [0.4, 0.5) is 4.79 Å². The summed E-state index contributed by atoms with van der Waals surface area (Å²) in [5.74, 6) is -1.31. The lowest BCUT2D eigenvalue weighted by Gasteiger charge is -2.21. The van der Waals surface area contributed by atoms with Gasteiger partial charge in [-0.1, -0.05) is 20.3 Å². The van der Waals surface area contributed by atoms with Crippen molar-refractivity contribution in [3.05, 3.63) is 0 Å². The molecule has 1 aliphatic heterocycles. The predicted molar refractivity (Wildman–Crippen MR) is 69.6 cm³/mol. The van der Waals surface area contributed by atoms with Gasteiger partial charge in [0.2, 0.25) is 0 Å². The van der Waals surface area contributed by atoms with Crippen LogP contribution in [-0.2, 0) is 14.6 Å². The van der Waals surface area contributed by atoms with Gasteiger partial charge in [-0.15, -0.1) is 0 Å². The minimum atomic E-state index is -3.07. The van der Waals surface area contributed by atoms with Crippen LogP contribution in [-0.4, -0.2) is 49.1 Å². The fraction of sp³-hybridized carbons (Fsp3) is 0.818. The summed E-state index contributed by atoms with van der Waals surface area (Å²) in [7, 11) is -3.07. The Hall–Kier alpha value is -1.31. The van der Waals surface area contributed by atoms with Gasteiger partial charge >= 0.3 is 12.0 Å². The first kappa shape index (κ1) is 15.7. The quantitative estimate of drug-likeness (QED) is 0.659. The van der Waals surface area contributed by atoms with Gasteiger partial charge in [-0.25, -0.2) is 18.0 Å². The van der Waals surface area contributed by atoms with Gasteiger partial charge in [0, 0.05) is 6.04 Å². The monoisotopic (exact) mass is 292 g/mol. The molecule has 0 spiro atoms. The molecule has 0 aromatic heterocycles. The first-order valence-corrected chi connectivity index (χ1v) is 8.07. The zero-order valence-electron chi connectivity index (χ0n) is 11.0. The number of amides is 2. The molecule has 2 amide bonds. The van der Waals surface area contributed by atoms with Crippen molar-refractivity contribution in [2.75, 3.05) is 11.5 Å². The Bertz CT molecular complexity index is 448. The third-order valence-electron chi connectivity index (χ3n) is 3.33. The maximum Gasteiger partial charge on any atom is 0.326 e. The molecular weight excluding hydrogens is 272 g/mol. The van der Waals surface area contributed by atoms with Crippen LogP contribution in [0.1, 0.15) is 26.7 Å². The maximum atomic E-state index is 11.7. The molecule has 0 bridgehead atoms. The van der Waals surface area contributed by atoms with Crippen LogP contribution in [0.2, 0.25) is 0 Å². The molecule has 1 saturated heterocycles. The van der Waals surface area contributed by atoms with E-state index in [1.807, 2.05) is 6.92 Å². The van der Waals surface area contributed by atoms with Gasteiger partial charge in [-0.05, 0) is 12.3 Å². The number of sulfone groups is 1. The lowest BCUT2D eigenvalue weighted by Crippen LogP contribution is -2.51. The summed E-state index contributed by atoms with van der Waals surface area (Å²) in [6, 6.07) is -2.03. The maximum absolute atomic E-state index is 11.7. The van der Waals surface area contributed by atoms with Gasteiger partial charge < -0.3 is 15.7 Å². The molecule has 0 saturated carbocycles.